The molecule has 0 spiro atoms. The normalized spacial score (nSPS) is 12.4. The maximum Gasteiger partial charge on any atom is 0.332 e. The fourth-order valence-corrected chi connectivity index (χ4v) is 2.17. The first-order valence-electron chi connectivity index (χ1n) is 6.02. The zero-order chi connectivity index (χ0) is 13.4. The molecule has 1 unspecified atom stereocenters. The van der Waals surface area contributed by atoms with E-state index in [1.807, 2.05) is 13.1 Å². The van der Waals surface area contributed by atoms with Gasteiger partial charge in [0.15, 0.2) is 0 Å². The molecule has 1 aromatic rings. The van der Waals surface area contributed by atoms with Crippen LogP contribution in [0.25, 0.3) is 0 Å². The van der Waals surface area contributed by atoms with Crippen LogP contribution in [0.2, 0.25) is 0 Å². The van der Waals surface area contributed by atoms with Crippen LogP contribution in [-0.2, 0) is 14.3 Å². The molecule has 1 heterocycles. The lowest BCUT2D eigenvalue weighted by Crippen LogP contribution is -2.24. The Kier molecular flexibility index (Phi) is 6.85. The van der Waals surface area contributed by atoms with Crippen molar-refractivity contribution >= 4 is 17.3 Å². The predicted octanol–water partition coefficient (Wildman–Crippen LogP) is 1.68. The molecule has 18 heavy (non-hydrogen) atoms. The van der Waals surface area contributed by atoms with Gasteiger partial charge in [0, 0.05) is 17.6 Å². The zero-order valence-electron chi connectivity index (χ0n) is 11.1. The number of hydrogen-bond acceptors (Lipinski definition) is 6. The summed E-state index contributed by atoms with van der Waals surface area (Å²) < 4.78 is 9.93. The summed E-state index contributed by atoms with van der Waals surface area (Å²) in [5, 5.41) is 4.36. The molecule has 0 aliphatic carbocycles. The summed E-state index contributed by atoms with van der Waals surface area (Å²) in [6, 6.07) is 0.204. The van der Waals surface area contributed by atoms with Gasteiger partial charge in [-0.15, -0.1) is 11.3 Å². The summed E-state index contributed by atoms with van der Waals surface area (Å²) in [7, 11) is 0. The zero-order valence-corrected chi connectivity index (χ0v) is 11.9. The van der Waals surface area contributed by atoms with E-state index in [2.05, 4.69) is 17.2 Å². The van der Waals surface area contributed by atoms with E-state index < -0.39 is 0 Å². The molecule has 0 saturated carbocycles. The lowest BCUT2D eigenvalue weighted by molar-refractivity contribution is -0.148. The number of rotatable bonds is 8. The largest absolute Gasteiger partial charge is 0.464 e. The molecule has 1 atom stereocenters. The Morgan fingerprint density at radius 2 is 2.39 bits per heavy atom. The minimum absolute atomic E-state index is 0.0141. The number of nitrogens with zero attached hydrogens (tertiary/aromatic N) is 1. The van der Waals surface area contributed by atoms with Gasteiger partial charge in [0.05, 0.1) is 19.3 Å². The van der Waals surface area contributed by atoms with E-state index in [4.69, 9.17) is 9.47 Å². The Morgan fingerprint density at radius 1 is 1.61 bits per heavy atom. The van der Waals surface area contributed by atoms with E-state index in [-0.39, 0.29) is 18.6 Å². The van der Waals surface area contributed by atoms with Crippen molar-refractivity contribution in [1.82, 2.24) is 10.3 Å². The molecule has 6 heteroatoms. The van der Waals surface area contributed by atoms with Crippen LogP contribution in [0.5, 0.6) is 0 Å². The molecular formula is C12H20N2O3S. The smallest absolute Gasteiger partial charge is 0.332 e. The summed E-state index contributed by atoms with van der Waals surface area (Å²) in [4.78, 5) is 16.5. The average molecular weight is 272 g/mol. The Hall–Kier alpha value is -0.980. The van der Waals surface area contributed by atoms with Crippen molar-refractivity contribution in [2.45, 2.75) is 26.8 Å². The van der Waals surface area contributed by atoms with Gasteiger partial charge < -0.3 is 14.8 Å². The molecule has 0 aromatic carbocycles. The fraction of sp³-hybridized carbons (Fsp3) is 0.667. The number of ether oxygens (including phenoxy) is 2. The minimum atomic E-state index is -0.318. The van der Waals surface area contributed by atoms with Crippen LogP contribution in [-0.4, -0.2) is 37.3 Å². The number of aryl methyl sites for hydroxylation is 1. The minimum Gasteiger partial charge on any atom is -0.464 e. The number of hydrogen-bond donors (Lipinski definition) is 1. The van der Waals surface area contributed by atoms with E-state index in [0.29, 0.717) is 19.8 Å². The number of thiazole rings is 1. The van der Waals surface area contributed by atoms with E-state index >= 15 is 0 Å². The van der Waals surface area contributed by atoms with Gasteiger partial charge in [-0.3, -0.25) is 0 Å². The fourth-order valence-electron chi connectivity index (χ4n) is 1.37. The molecule has 102 valence electrons. The molecule has 1 aromatic heterocycles. The summed E-state index contributed by atoms with van der Waals surface area (Å²) >= 11 is 1.68. The molecule has 0 amide bonds. The Bertz CT molecular complexity index is 368. The van der Waals surface area contributed by atoms with Gasteiger partial charge >= 0.3 is 5.97 Å². The van der Waals surface area contributed by atoms with Crippen molar-refractivity contribution in [3.63, 3.8) is 0 Å². The standard InChI is InChI=1S/C12H20N2O3S/c1-4-17-11(15)8-16-6-5-13-10(3)12-14-7-9(2)18-12/h7,10,13H,4-6,8H2,1-3H3. The van der Waals surface area contributed by atoms with Crippen molar-refractivity contribution in [2.75, 3.05) is 26.4 Å². The molecule has 0 saturated heterocycles. The SMILES string of the molecule is CCOC(=O)COCCNC(C)c1ncc(C)s1. The first-order chi connectivity index (χ1) is 8.63. The van der Waals surface area contributed by atoms with Crippen LogP contribution in [0.1, 0.15) is 29.8 Å². The quantitative estimate of drug-likeness (QED) is 0.576. The maximum absolute atomic E-state index is 11.0. The summed E-state index contributed by atoms with van der Waals surface area (Å²) in [5.41, 5.74) is 0. The summed E-state index contributed by atoms with van der Waals surface area (Å²) in [6.45, 7) is 7.44. The average Bonchev–Trinajstić information content (AvgIpc) is 2.75. The number of nitrogens with one attached hydrogen (secondary N) is 1. The third-order valence-corrected chi connectivity index (χ3v) is 3.33. The van der Waals surface area contributed by atoms with Crippen molar-refractivity contribution in [1.29, 1.82) is 0 Å². The van der Waals surface area contributed by atoms with Gasteiger partial charge in [0.25, 0.3) is 0 Å². The first-order valence-corrected chi connectivity index (χ1v) is 6.84. The van der Waals surface area contributed by atoms with E-state index in [0.717, 1.165) is 5.01 Å². The Balaban J connectivity index is 2.09. The molecule has 0 aliphatic heterocycles. The van der Waals surface area contributed by atoms with E-state index in [9.17, 15) is 4.79 Å². The van der Waals surface area contributed by atoms with E-state index in [1.165, 1.54) is 4.88 Å². The molecule has 1 rings (SSSR count). The van der Waals surface area contributed by atoms with Crippen LogP contribution in [0.15, 0.2) is 6.20 Å². The van der Waals surface area contributed by atoms with Crippen LogP contribution >= 0.6 is 11.3 Å². The molecule has 0 aliphatic rings. The number of esters is 1. The second-order valence-electron chi connectivity index (χ2n) is 3.84. The summed E-state index contributed by atoms with van der Waals surface area (Å²) in [5.74, 6) is -0.318. The van der Waals surface area contributed by atoms with Gasteiger partial charge in [-0.05, 0) is 20.8 Å². The highest BCUT2D eigenvalue weighted by Crippen LogP contribution is 2.18. The monoisotopic (exact) mass is 272 g/mol. The Morgan fingerprint density at radius 3 is 3.00 bits per heavy atom. The van der Waals surface area contributed by atoms with Crippen molar-refractivity contribution in [3.8, 4) is 0 Å². The van der Waals surface area contributed by atoms with E-state index in [1.54, 1.807) is 18.3 Å². The van der Waals surface area contributed by atoms with Gasteiger partial charge in [-0.25, -0.2) is 9.78 Å². The van der Waals surface area contributed by atoms with Crippen LogP contribution < -0.4 is 5.32 Å². The predicted molar refractivity (Wildman–Crippen MR) is 70.7 cm³/mol. The number of carbonyl (C=O) groups is 1. The topological polar surface area (TPSA) is 60.5 Å². The highest BCUT2D eigenvalue weighted by Gasteiger charge is 2.08. The first kappa shape index (κ1) is 15.1. The maximum atomic E-state index is 11.0. The second kappa shape index (κ2) is 8.18. The van der Waals surface area contributed by atoms with Crippen LogP contribution in [0, 0.1) is 6.92 Å². The van der Waals surface area contributed by atoms with Crippen molar-refractivity contribution in [3.05, 3.63) is 16.1 Å². The Labute approximate surface area is 112 Å². The molecular weight excluding hydrogens is 252 g/mol. The molecule has 0 radical (unpaired) electrons. The lowest BCUT2D eigenvalue weighted by Gasteiger charge is -2.11. The molecule has 0 fully saturated rings. The molecule has 1 N–H and O–H groups in total. The van der Waals surface area contributed by atoms with Gasteiger partial charge in [0.2, 0.25) is 0 Å². The molecule has 5 nitrogen and oxygen atoms in total. The molecule has 0 bridgehead atoms. The van der Waals surface area contributed by atoms with Gasteiger partial charge in [-0.1, -0.05) is 0 Å². The van der Waals surface area contributed by atoms with Crippen LogP contribution in [0.4, 0.5) is 0 Å². The van der Waals surface area contributed by atoms with Crippen molar-refractivity contribution < 1.29 is 14.3 Å². The number of carbonyl (C=O) groups excluding carboxylic acids is 1. The highest BCUT2D eigenvalue weighted by atomic mass is 32.1. The van der Waals surface area contributed by atoms with Crippen molar-refractivity contribution in [2.24, 2.45) is 0 Å². The number of aromatic nitrogens is 1. The van der Waals surface area contributed by atoms with Gasteiger partial charge in [-0.2, -0.15) is 0 Å². The summed E-state index contributed by atoms with van der Waals surface area (Å²) in [6.07, 6.45) is 1.87. The highest BCUT2D eigenvalue weighted by molar-refractivity contribution is 7.11. The van der Waals surface area contributed by atoms with Gasteiger partial charge in [0.1, 0.15) is 11.6 Å². The third kappa shape index (κ3) is 5.57. The lowest BCUT2D eigenvalue weighted by atomic mass is 10.3. The third-order valence-electron chi connectivity index (χ3n) is 2.23. The van der Waals surface area contributed by atoms with Crippen LogP contribution in [0.3, 0.4) is 0 Å². The second-order valence-corrected chi connectivity index (χ2v) is 5.11.